The van der Waals surface area contributed by atoms with Gasteiger partial charge in [0.05, 0.1) is 6.20 Å². The molecule has 0 spiro atoms. The number of aliphatic hydroxyl groups excluding tert-OH is 1. The van der Waals surface area contributed by atoms with Gasteiger partial charge in [-0.2, -0.15) is 0 Å². The average molecular weight is 365 g/mol. The van der Waals surface area contributed by atoms with Crippen molar-refractivity contribution in [1.29, 1.82) is 0 Å². The normalized spacial score (nSPS) is 20.1. The molecule has 0 bridgehead atoms. The molecule has 27 heavy (non-hydrogen) atoms. The van der Waals surface area contributed by atoms with Gasteiger partial charge in [-0.05, 0) is 49.1 Å². The number of hydrogen-bond donors (Lipinski definition) is 1. The maximum Gasteiger partial charge on any atom is 0.191 e. The fraction of sp³-hybridized carbons (Fsp3) is 0.429. The summed E-state index contributed by atoms with van der Waals surface area (Å²) in [6, 6.07) is 3.90. The first-order valence-electron chi connectivity index (χ1n) is 9.43. The fourth-order valence-electron chi connectivity index (χ4n) is 3.78. The van der Waals surface area contributed by atoms with Crippen LogP contribution >= 0.6 is 0 Å². The zero-order valence-electron chi connectivity index (χ0n) is 15.4. The topological polar surface area (TPSA) is 89.1 Å². The maximum absolute atomic E-state index is 12.7. The predicted molar refractivity (Wildman–Crippen MR) is 101 cm³/mol. The quantitative estimate of drug-likeness (QED) is 0.744. The van der Waals surface area contributed by atoms with Crippen molar-refractivity contribution in [1.82, 2.24) is 15.0 Å². The number of nitrogens with zero attached hydrogens (tertiary/aromatic N) is 3. The van der Waals surface area contributed by atoms with Crippen LogP contribution in [0.1, 0.15) is 37.3 Å². The molecule has 1 aliphatic rings. The van der Waals surface area contributed by atoms with Crippen molar-refractivity contribution in [3.05, 3.63) is 42.3 Å². The van der Waals surface area contributed by atoms with Crippen molar-refractivity contribution >= 4 is 16.6 Å². The number of carbonyl (C=O) groups is 1. The Hall–Kier alpha value is -2.60. The van der Waals surface area contributed by atoms with E-state index in [4.69, 9.17) is 4.42 Å². The monoisotopic (exact) mass is 365 g/mol. The number of aromatic nitrogens is 3. The van der Waals surface area contributed by atoms with Gasteiger partial charge in [0.2, 0.25) is 0 Å². The Kier molecular flexibility index (Phi) is 4.99. The van der Waals surface area contributed by atoms with E-state index in [9.17, 15) is 9.90 Å². The van der Waals surface area contributed by atoms with Crippen LogP contribution in [-0.2, 0) is 11.2 Å². The van der Waals surface area contributed by atoms with Gasteiger partial charge in [0, 0.05) is 49.3 Å². The molecule has 1 aliphatic carbocycles. The summed E-state index contributed by atoms with van der Waals surface area (Å²) in [6.45, 7) is 2.03. The predicted octanol–water partition coefficient (Wildman–Crippen LogP) is 3.50. The lowest BCUT2D eigenvalue weighted by Crippen LogP contribution is -2.24. The summed E-state index contributed by atoms with van der Waals surface area (Å²) in [5, 5.41) is 11.2. The summed E-state index contributed by atoms with van der Waals surface area (Å²) in [6.07, 6.45) is 9.15. The van der Waals surface area contributed by atoms with Crippen molar-refractivity contribution in [2.45, 2.75) is 39.0 Å². The van der Waals surface area contributed by atoms with Gasteiger partial charge in [0.1, 0.15) is 11.5 Å². The average Bonchev–Trinajstić information content (AvgIpc) is 3.14. The Morgan fingerprint density at radius 3 is 2.56 bits per heavy atom. The zero-order valence-corrected chi connectivity index (χ0v) is 15.4. The lowest BCUT2D eigenvalue weighted by atomic mass is 9.79. The molecular weight excluding hydrogens is 342 g/mol. The number of aliphatic hydroxyl groups is 1. The SMILES string of the molecule is Cc1ncc(-c2cc3cc(CC(=O)C4CCC(CO)CC4)ncc3cn2)o1. The van der Waals surface area contributed by atoms with E-state index in [0.717, 1.165) is 42.1 Å². The highest BCUT2D eigenvalue weighted by atomic mass is 16.4. The lowest BCUT2D eigenvalue weighted by Gasteiger charge is -2.26. The molecule has 3 heterocycles. The molecule has 0 atom stereocenters. The molecule has 6 heteroatoms. The number of fused-ring (bicyclic) bond motifs is 1. The summed E-state index contributed by atoms with van der Waals surface area (Å²) in [5.41, 5.74) is 1.50. The molecule has 1 saturated carbocycles. The molecule has 0 unspecified atom stereocenters. The molecule has 0 aliphatic heterocycles. The number of ketones is 1. The first kappa shape index (κ1) is 17.8. The van der Waals surface area contributed by atoms with Gasteiger partial charge in [-0.15, -0.1) is 0 Å². The molecule has 6 nitrogen and oxygen atoms in total. The van der Waals surface area contributed by atoms with Crippen LogP contribution < -0.4 is 0 Å². The Bertz CT molecular complexity index is 958. The van der Waals surface area contributed by atoms with Gasteiger partial charge >= 0.3 is 0 Å². The summed E-state index contributed by atoms with van der Waals surface area (Å²) < 4.78 is 5.55. The largest absolute Gasteiger partial charge is 0.439 e. The minimum Gasteiger partial charge on any atom is -0.439 e. The van der Waals surface area contributed by atoms with Gasteiger partial charge in [-0.25, -0.2) is 4.98 Å². The fourth-order valence-corrected chi connectivity index (χ4v) is 3.78. The van der Waals surface area contributed by atoms with Crippen LogP contribution in [0.4, 0.5) is 0 Å². The Labute approximate surface area is 157 Å². The van der Waals surface area contributed by atoms with E-state index < -0.39 is 0 Å². The molecule has 0 aromatic carbocycles. The van der Waals surface area contributed by atoms with Gasteiger partial charge in [0.15, 0.2) is 11.7 Å². The van der Waals surface area contributed by atoms with Crippen LogP contribution in [-0.4, -0.2) is 32.4 Å². The molecule has 0 radical (unpaired) electrons. The van der Waals surface area contributed by atoms with E-state index in [1.54, 1.807) is 25.5 Å². The van der Waals surface area contributed by atoms with Crippen molar-refractivity contribution in [3.63, 3.8) is 0 Å². The zero-order chi connectivity index (χ0) is 18.8. The highest BCUT2D eigenvalue weighted by molar-refractivity contribution is 5.87. The van der Waals surface area contributed by atoms with Gasteiger partial charge < -0.3 is 9.52 Å². The van der Waals surface area contributed by atoms with E-state index in [1.165, 1.54) is 0 Å². The minimum atomic E-state index is 0.0930. The number of rotatable bonds is 5. The highest BCUT2D eigenvalue weighted by Gasteiger charge is 2.26. The summed E-state index contributed by atoms with van der Waals surface area (Å²) >= 11 is 0. The van der Waals surface area contributed by atoms with Crippen LogP contribution in [0.2, 0.25) is 0 Å². The first-order chi connectivity index (χ1) is 13.1. The van der Waals surface area contributed by atoms with Gasteiger partial charge in [-0.1, -0.05) is 0 Å². The van der Waals surface area contributed by atoms with E-state index in [2.05, 4.69) is 15.0 Å². The second-order valence-electron chi connectivity index (χ2n) is 7.38. The molecule has 0 amide bonds. The molecule has 1 fully saturated rings. The number of hydrogen-bond acceptors (Lipinski definition) is 6. The second-order valence-corrected chi connectivity index (χ2v) is 7.38. The maximum atomic E-state index is 12.7. The molecule has 3 aromatic rings. The van der Waals surface area contributed by atoms with Crippen LogP contribution in [0.15, 0.2) is 35.1 Å². The Morgan fingerprint density at radius 1 is 1.07 bits per heavy atom. The van der Waals surface area contributed by atoms with Crippen LogP contribution in [0.5, 0.6) is 0 Å². The Morgan fingerprint density at radius 2 is 1.85 bits per heavy atom. The van der Waals surface area contributed by atoms with Crippen LogP contribution in [0.25, 0.3) is 22.2 Å². The first-order valence-corrected chi connectivity index (χ1v) is 9.43. The molecule has 3 aromatic heterocycles. The molecular formula is C21H23N3O3. The summed E-state index contributed by atoms with van der Waals surface area (Å²) in [7, 11) is 0. The van der Waals surface area contributed by atoms with E-state index in [-0.39, 0.29) is 18.3 Å². The number of pyridine rings is 2. The number of carbonyl (C=O) groups excluding carboxylic acids is 1. The Balaban J connectivity index is 1.51. The third-order valence-electron chi connectivity index (χ3n) is 5.45. The van der Waals surface area contributed by atoms with Gasteiger partial charge in [0.25, 0.3) is 0 Å². The van der Waals surface area contributed by atoms with Crippen molar-refractivity contribution in [2.24, 2.45) is 11.8 Å². The minimum absolute atomic E-state index is 0.0930. The highest BCUT2D eigenvalue weighted by Crippen LogP contribution is 2.30. The molecule has 4 rings (SSSR count). The third kappa shape index (κ3) is 3.90. The van der Waals surface area contributed by atoms with E-state index >= 15 is 0 Å². The lowest BCUT2D eigenvalue weighted by molar-refractivity contribution is -0.123. The standard InChI is InChI=1S/C21H23N3O3/c1-13-22-11-21(27-13)19-7-16-6-18(23-9-17(16)10-24-19)8-20(26)15-4-2-14(12-25)3-5-15/h6-7,9-11,14-15,25H,2-5,8,12H2,1H3. The van der Waals surface area contributed by atoms with E-state index in [0.29, 0.717) is 29.7 Å². The van der Waals surface area contributed by atoms with E-state index in [1.807, 2.05) is 12.1 Å². The van der Waals surface area contributed by atoms with Gasteiger partial charge in [-0.3, -0.25) is 14.8 Å². The molecule has 140 valence electrons. The summed E-state index contributed by atoms with van der Waals surface area (Å²) in [5.74, 6) is 1.93. The van der Waals surface area contributed by atoms with Crippen molar-refractivity contribution in [3.8, 4) is 11.5 Å². The molecule has 0 saturated heterocycles. The number of oxazole rings is 1. The summed E-state index contributed by atoms with van der Waals surface area (Å²) in [4.78, 5) is 25.6. The smallest absolute Gasteiger partial charge is 0.191 e. The second kappa shape index (κ2) is 7.56. The number of aryl methyl sites for hydroxylation is 1. The third-order valence-corrected chi connectivity index (χ3v) is 5.45. The molecule has 1 N–H and O–H groups in total. The van der Waals surface area contributed by atoms with Crippen molar-refractivity contribution < 1.29 is 14.3 Å². The number of Topliss-reactive ketones (excluding diaryl/α,β-unsaturated/α-hetero) is 1. The van der Waals surface area contributed by atoms with Crippen LogP contribution in [0.3, 0.4) is 0 Å². The van der Waals surface area contributed by atoms with Crippen LogP contribution in [0, 0.1) is 18.8 Å². The van der Waals surface area contributed by atoms with Crippen molar-refractivity contribution in [2.75, 3.05) is 6.61 Å².